The van der Waals surface area contributed by atoms with Crippen molar-refractivity contribution in [3.63, 3.8) is 0 Å². The lowest BCUT2D eigenvalue weighted by Gasteiger charge is -2.30. The second-order valence-corrected chi connectivity index (χ2v) is 5.72. The Hall–Kier alpha value is -2.14. The summed E-state index contributed by atoms with van der Waals surface area (Å²) in [6.45, 7) is 0.985. The lowest BCUT2D eigenvalue weighted by atomic mass is 9.86. The molecule has 1 aromatic heterocycles. The zero-order valence-corrected chi connectivity index (χ0v) is 13.0. The Morgan fingerprint density at radius 3 is 2.73 bits per heavy atom. The van der Waals surface area contributed by atoms with Crippen molar-refractivity contribution in [2.24, 2.45) is 7.05 Å². The number of esters is 1. The molecule has 0 spiro atoms. The predicted octanol–water partition coefficient (Wildman–Crippen LogP) is 2.42. The maximum absolute atomic E-state index is 11.5. The minimum atomic E-state index is -0.295. The molecule has 116 valence electrons. The molecule has 1 aliphatic heterocycles. The molecule has 0 saturated carbocycles. The first-order chi connectivity index (χ1) is 10.7. The molecule has 2 aromatic rings. The molecule has 2 heterocycles. The maximum Gasteiger partial charge on any atom is 0.337 e. The van der Waals surface area contributed by atoms with E-state index >= 15 is 0 Å². The molecular formula is C17H21N3O2. The Balaban J connectivity index is 1.74. The highest BCUT2D eigenvalue weighted by Crippen LogP contribution is 2.33. The van der Waals surface area contributed by atoms with Crippen LogP contribution in [0.2, 0.25) is 0 Å². The zero-order valence-electron chi connectivity index (χ0n) is 13.0. The third kappa shape index (κ3) is 2.90. The van der Waals surface area contributed by atoms with Crippen LogP contribution in [-0.2, 0) is 11.8 Å². The highest BCUT2D eigenvalue weighted by molar-refractivity contribution is 5.89. The maximum atomic E-state index is 11.5. The van der Waals surface area contributed by atoms with Crippen molar-refractivity contribution in [3.8, 4) is 0 Å². The van der Waals surface area contributed by atoms with Gasteiger partial charge in [-0.3, -0.25) is 4.68 Å². The summed E-state index contributed by atoms with van der Waals surface area (Å²) in [4.78, 5) is 11.5. The highest BCUT2D eigenvalue weighted by Gasteiger charge is 2.25. The molecule has 0 aliphatic carbocycles. The number of rotatable bonds is 3. The average molecular weight is 299 g/mol. The molecule has 1 saturated heterocycles. The van der Waals surface area contributed by atoms with Gasteiger partial charge in [-0.2, -0.15) is 5.10 Å². The van der Waals surface area contributed by atoms with Gasteiger partial charge in [0.15, 0.2) is 0 Å². The number of aromatic nitrogens is 2. The van der Waals surface area contributed by atoms with Gasteiger partial charge in [-0.15, -0.1) is 0 Å². The van der Waals surface area contributed by atoms with E-state index in [1.54, 1.807) is 0 Å². The minimum Gasteiger partial charge on any atom is -0.465 e. The van der Waals surface area contributed by atoms with Crippen LogP contribution in [0.25, 0.3) is 0 Å². The van der Waals surface area contributed by atoms with Gasteiger partial charge in [0.05, 0.1) is 12.7 Å². The van der Waals surface area contributed by atoms with Crippen molar-refractivity contribution < 1.29 is 9.53 Å². The monoisotopic (exact) mass is 299 g/mol. The fourth-order valence-electron chi connectivity index (χ4n) is 3.19. The van der Waals surface area contributed by atoms with Crippen molar-refractivity contribution in [2.75, 3.05) is 13.7 Å². The number of ether oxygens (including phenoxy) is 1. The summed E-state index contributed by atoms with van der Waals surface area (Å²) in [5.74, 6) is 0.218. The molecule has 5 nitrogen and oxygen atoms in total. The van der Waals surface area contributed by atoms with Gasteiger partial charge in [0.2, 0.25) is 0 Å². The highest BCUT2D eigenvalue weighted by atomic mass is 16.5. The van der Waals surface area contributed by atoms with Gasteiger partial charge in [-0.1, -0.05) is 12.1 Å². The lowest BCUT2D eigenvalue weighted by Crippen LogP contribution is -2.31. The standard InChI is InChI=1S/C17H21N3O2/c1-20-16(8-10-19-20)14-7-9-18-15(11-14)12-3-5-13(6-4-12)17(21)22-2/h3-6,8,10,14-15,18H,7,9,11H2,1-2H3/t14?,15-/m0/s1. The Bertz CT molecular complexity index is 648. The fraction of sp³-hybridized carbons (Fsp3) is 0.412. The molecule has 0 amide bonds. The Labute approximate surface area is 130 Å². The minimum absolute atomic E-state index is 0.295. The van der Waals surface area contributed by atoms with Crippen LogP contribution >= 0.6 is 0 Å². The third-order valence-electron chi connectivity index (χ3n) is 4.42. The summed E-state index contributed by atoms with van der Waals surface area (Å²) < 4.78 is 6.70. The van der Waals surface area contributed by atoms with Gasteiger partial charge in [-0.25, -0.2) is 4.79 Å². The molecule has 5 heteroatoms. The van der Waals surface area contributed by atoms with Gasteiger partial charge in [0.25, 0.3) is 0 Å². The van der Waals surface area contributed by atoms with E-state index in [9.17, 15) is 4.79 Å². The molecular weight excluding hydrogens is 278 g/mol. The zero-order chi connectivity index (χ0) is 15.5. The van der Waals surface area contributed by atoms with Gasteiger partial charge in [0.1, 0.15) is 0 Å². The topological polar surface area (TPSA) is 56.1 Å². The normalized spacial score (nSPS) is 21.5. The summed E-state index contributed by atoms with van der Waals surface area (Å²) in [6, 6.07) is 10.1. The summed E-state index contributed by atoms with van der Waals surface area (Å²) >= 11 is 0. The van der Waals surface area contributed by atoms with Crippen LogP contribution in [0.4, 0.5) is 0 Å². The molecule has 0 bridgehead atoms. The first-order valence-corrected chi connectivity index (χ1v) is 7.58. The van der Waals surface area contributed by atoms with Crippen molar-refractivity contribution in [2.45, 2.75) is 24.8 Å². The van der Waals surface area contributed by atoms with Crippen molar-refractivity contribution in [1.82, 2.24) is 15.1 Å². The van der Waals surface area contributed by atoms with Crippen LogP contribution in [-0.4, -0.2) is 29.4 Å². The molecule has 1 fully saturated rings. The number of nitrogens with one attached hydrogen (secondary N) is 1. The molecule has 1 aromatic carbocycles. The van der Waals surface area contributed by atoms with Crippen LogP contribution in [0, 0.1) is 0 Å². The number of benzene rings is 1. The first-order valence-electron chi connectivity index (χ1n) is 7.58. The van der Waals surface area contributed by atoms with E-state index < -0.39 is 0 Å². The average Bonchev–Trinajstić information content (AvgIpc) is 3.00. The number of aryl methyl sites for hydroxylation is 1. The molecule has 2 atom stereocenters. The summed E-state index contributed by atoms with van der Waals surface area (Å²) in [7, 11) is 3.40. The second kappa shape index (κ2) is 6.32. The first kappa shape index (κ1) is 14.8. The third-order valence-corrected chi connectivity index (χ3v) is 4.42. The number of piperidine rings is 1. The van der Waals surface area contributed by atoms with E-state index in [0.717, 1.165) is 19.4 Å². The van der Waals surface area contributed by atoms with Crippen LogP contribution in [0.15, 0.2) is 36.5 Å². The van der Waals surface area contributed by atoms with Crippen LogP contribution in [0.1, 0.15) is 46.4 Å². The largest absolute Gasteiger partial charge is 0.465 e. The predicted molar refractivity (Wildman–Crippen MR) is 83.7 cm³/mol. The Morgan fingerprint density at radius 2 is 2.09 bits per heavy atom. The molecule has 1 N–H and O–H groups in total. The number of hydrogen-bond acceptors (Lipinski definition) is 4. The summed E-state index contributed by atoms with van der Waals surface area (Å²) in [5, 5.41) is 7.84. The molecule has 1 unspecified atom stereocenters. The molecule has 0 radical (unpaired) electrons. The van der Waals surface area contributed by atoms with Gasteiger partial charge >= 0.3 is 5.97 Å². The number of carbonyl (C=O) groups excluding carboxylic acids is 1. The van der Waals surface area contributed by atoms with E-state index in [-0.39, 0.29) is 5.97 Å². The summed E-state index contributed by atoms with van der Waals surface area (Å²) in [5.41, 5.74) is 3.09. The van der Waals surface area contributed by atoms with Gasteiger partial charge < -0.3 is 10.1 Å². The Kier molecular flexibility index (Phi) is 4.24. The molecule has 1 aliphatic rings. The van der Waals surface area contributed by atoms with E-state index in [2.05, 4.69) is 16.5 Å². The quantitative estimate of drug-likeness (QED) is 0.884. The second-order valence-electron chi connectivity index (χ2n) is 5.72. The number of nitrogens with zero attached hydrogens (tertiary/aromatic N) is 2. The van der Waals surface area contributed by atoms with E-state index in [0.29, 0.717) is 17.5 Å². The SMILES string of the molecule is COC(=O)c1ccc([C@@H]2CC(c3ccnn3C)CCN2)cc1. The fourth-order valence-corrected chi connectivity index (χ4v) is 3.19. The van der Waals surface area contributed by atoms with Crippen molar-refractivity contribution in [3.05, 3.63) is 53.3 Å². The van der Waals surface area contributed by atoms with Crippen molar-refractivity contribution in [1.29, 1.82) is 0 Å². The van der Waals surface area contributed by atoms with Crippen LogP contribution in [0.3, 0.4) is 0 Å². The van der Waals surface area contributed by atoms with E-state index in [4.69, 9.17) is 4.74 Å². The van der Waals surface area contributed by atoms with Crippen LogP contribution < -0.4 is 5.32 Å². The summed E-state index contributed by atoms with van der Waals surface area (Å²) in [6.07, 6.45) is 4.02. The Morgan fingerprint density at radius 1 is 1.32 bits per heavy atom. The molecule has 3 rings (SSSR count). The van der Waals surface area contributed by atoms with E-state index in [1.165, 1.54) is 18.4 Å². The molecule has 22 heavy (non-hydrogen) atoms. The number of hydrogen-bond donors (Lipinski definition) is 1. The van der Waals surface area contributed by atoms with Gasteiger partial charge in [-0.05, 0) is 43.1 Å². The number of methoxy groups -OCH3 is 1. The smallest absolute Gasteiger partial charge is 0.337 e. The number of carbonyl (C=O) groups is 1. The lowest BCUT2D eigenvalue weighted by molar-refractivity contribution is 0.0600. The van der Waals surface area contributed by atoms with E-state index in [1.807, 2.05) is 42.2 Å². The van der Waals surface area contributed by atoms with Crippen molar-refractivity contribution >= 4 is 5.97 Å². The van der Waals surface area contributed by atoms with Gasteiger partial charge in [0, 0.05) is 30.9 Å². The van der Waals surface area contributed by atoms with Crippen LogP contribution in [0.5, 0.6) is 0 Å².